The van der Waals surface area contributed by atoms with Gasteiger partial charge in [0.25, 0.3) is 0 Å². The van der Waals surface area contributed by atoms with Gasteiger partial charge in [-0.1, -0.05) is 0 Å². The molecule has 0 atom stereocenters. The zero-order chi connectivity index (χ0) is 16.2. The minimum atomic E-state index is 0.416. The first-order chi connectivity index (χ1) is 11.2. The molecule has 0 saturated carbocycles. The number of anilines is 3. The van der Waals surface area contributed by atoms with E-state index in [1.807, 2.05) is 12.1 Å². The molecule has 1 fully saturated rings. The van der Waals surface area contributed by atoms with Gasteiger partial charge in [0, 0.05) is 62.1 Å². The summed E-state index contributed by atoms with van der Waals surface area (Å²) in [5, 5.41) is 0. The Labute approximate surface area is 141 Å². The molecule has 0 unspecified atom stereocenters. The van der Waals surface area contributed by atoms with E-state index in [-0.39, 0.29) is 0 Å². The Kier molecular flexibility index (Phi) is 4.83. The Morgan fingerprint density at radius 3 is 2.48 bits per heavy atom. The van der Waals surface area contributed by atoms with E-state index in [0.717, 1.165) is 37.6 Å². The molecule has 6 nitrogen and oxygen atoms in total. The molecule has 2 heterocycles. The molecular formula is C16H20ClN5O. The van der Waals surface area contributed by atoms with Crippen LogP contribution in [0.15, 0.2) is 36.7 Å². The molecule has 0 radical (unpaired) electrons. The number of rotatable bonds is 4. The lowest BCUT2D eigenvalue weighted by atomic mass is 10.2. The maximum absolute atomic E-state index is 6.38. The van der Waals surface area contributed by atoms with Crippen molar-refractivity contribution < 1.29 is 4.74 Å². The lowest BCUT2D eigenvalue weighted by Gasteiger charge is -2.34. The van der Waals surface area contributed by atoms with Gasteiger partial charge in [0.05, 0.1) is 7.11 Å². The van der Waals surface area contributed by atoms with Crippen molar-refractivity contribution in [2.24, 2.45) is 0 Å². The van der Waals surface area contributed by atoms with Gasteiger partial charge in [-0.25, -0.2) is 14.4 Å². The SMILES string of the molecule is COc1cc(N2CCN(C)CC2)ccc1N(Cl)c1ncccn1. The highest BCUT2D eigenvalue weighted by atomic mass is 35.5. The minimum Gasteiger partial charge on any atom is -0.494 e. The highest BCUT2D eigenvalue weighted by Crippen LogP contribution is 2.36. The molecule has 122 valence electrons. The van der Waals surface area contributed by atoms with Crippen LogP contribution in [0.2, 0.25) is 0 Å². The predicted octanol–water partition coefficient (Wildman–Crippen LogP) is 2.53. The van der Waals surface area contributed by atoms with Gasteiger partial charge in [-0.2, -0.15) is 0 Å². The molecule has 7 heteroatoms. The van der Waals surface area contributed by atoms with E-state index in [2.05, 4.69) is 32.9 Å². The second-order valence-electron chi connectivity index (χ2n) is 5.48. The average Bonchev–Trinajstić information content (AvgIpc) is 2.62. The van der Waals surface area contributed by atoms with Crippen molar-refractivity contribution in [1.29, 1.82) is 0 Å². The zero-order valence-corrected chi connectivity index (χ0v) is 14.1. The van der Waals surface area contributed by atoms with E-state index in [0.29, 0.717) is 11.7 Å². The smallest absolute Gasteiger partial charge is 0.245 e. The van der Waals surface area contributed by atoms with Crippen LogP contribution in [0.25, 0.3) is 0 Å². The Morgan fingerprint density at radius 1 is 1.13 bits per heavy atom. The molecule has 0 amide bonds. The molecule has 0 aliphatic carbocycles. The van der Waals surface area contributed by atoms with Crippen molar-refractivity contribution in [2.45, 2.75) is 0 Å². The van der Waals surface area contributed by atoms with E-state index in [1.54, 1.807) is 25.6 Å². The molecule has 2 aromatic rings. The van der Waals surface area contributed by atoms with E-state index in [9.17, 15) is 0 Å². The Morgan fingerprint density at radius 2 is 1.83 bits per heavy atom. The summed E-state index contributed by atoms with van der Waals surface area (Å²) < 4.78 is 6.93. The van der Waals surface area contributed by atoms with Crippen LogP contribution >= 0.6 is 11.8 Å². The molecule has 3 rings (SSSR count). The summed E-state index contributed by atoms with van der Waals surface area (Å²) in [7, 11) is 3.79. The summed E-state index contributed by atoms with van der Waals surface area (Å²) in [6.45, 7) is 4.13. The third-order valence-corrected chi connectivity index (χ3v) is 4.30. The fourth-order valence-corrected chi connectivity index (χ4v) is 2.82. The van der Waals surface area contributed by atoms with E-state index in [1.165, 1.54) is 4.42 Å². The summed E-state index contributed by atoms with van der Waals surface area (Å²) in [5.74, 6) is 1.11. The zero-order valence-electron chi connectivity index (χ0n) is 13.3. The summed E-state index contributed by atoms with van der Waals surface area (Å²) >= 11 is 6.38. The van der Waals surface area contributed by atoms with Crippen LogP contribution < -0.4 is 14.1 Å². The minimum absolute atomic E-state index is 0.416. The standard InChI is InChI=1S/C16H20ClN5O/c1-20-8-10-21(11-9-20)13-4-5-14(15(12-13)23-2)22(17)16-18-6-3-7-19-16/h3-7,12H,8-11H2,1-2H3. The van der Waals surface area contributed by atoms with Gasteiger partial charge in [-0.15, -0.1) is 0 Å². The molecule has 1 saturated heterocycles. The van der Waals surface area contributed by atoms with Gasteiger partial charge in [0.15, 0.2) is 0 Å². The highest BCUT2D eigenvalue weighted by Gasteiger charge is 2.19. The molecule has 0 spiro atoms. The number of likely N-dealkylation sites (N-methyl/N-ethyl adjacent to an activating group) is 1. The molecule has 0 bridgehead atoms. The number of hydrogen-bond donors (Lipinski definition) is 0. The van der Waals surface area contributed by atoms with E-state index >= 15 is 0 Å². The molecule has 23 heavy (non-hydrogen) atoms. The van der Waals surface area contributed by atoms with Gasteiger partial charge >= 0.3 is 0 Å². The molecular weight excluding hydrogens is 314 g/mol. The lowest BCUT2D eigenvalue weighted by Crippen LogP contribution is -2.44. The lowest BCUT2D eigenvalue weighted by molar-refractivity contribution is 0.312. The third-order valence-electron chi connectivity index (χ3n) is 3.97. The fraction of sp³-hybridized carbons (Fsp3) is 0.375. The van der Waals surface area contributed by atoms with E-state index < -0.39 is 0 Å². The maximum Gasteiger partial charge on any atom is 0.245 e. The summed E-state index contributed by atoms with van der Waals surface area (Å²) in [6.07, 6.45) is 3.31. The van der Waals surface area contributed by atoms with Crippen LogP contribution in [0.1, 0.15) is 0 Å². The quantitative estimate of drug-likeness (QED) is 0.801. The molecule has 1 aromatic carbocycles. The number of ether oxygens (including phenoxy) is 1. The summed E-state index contributed by atoms with van der Waals surface area (Å²) in [4.78, 5) is 13.0. The first-order valence-corrected chi connectivity index (χ1v) is 7.87. The van der Waals surface area contributed by atoms with Crippen LogP contribution in [0.4, 0.5) is 17.3 Å². The number of benzene rings is 1. The predicted molar refractivity (Wildman–Crippen MR) is 92.7 cm³/mol. The second kappa shape index (κ2) is 7.02. The van der Waals surface area contributed by atoms with Crippen molar-refractivity contribution in [3.05, 3.63) is 36.7 Å². The van der Waals surface area contributed by atoms with Gasteiger partial charge in [0.1, 0.15) is 11.4 Å². The van der Waals surface area contributed by atoms with Crippen molar-refractivity contribution in [1.82, 2.24) is 14.9 Å². The van der Waals surface area contributed by atoms with Crippen LogP contribution in [-0.4, -0.2) is 55.2 Å². The number of piperazine rings is 1. The first-order valence-electron chi connectivity index (χ1n) is 7.53. The van der Waals surface area contributed by atoms with Crippen molar-refractivity contribution in [3.63, 3.8) is 0 Å². The van der Waals surface area contributed by atoms with Gasteiger partial charge in [0.2, 0.25) is 5.95 Å². The topological polar surface area (TPSA) is 44.7 Å². The van der Waals surface area contributed by atoms with Crippen molar-refractivity contribution in [2.75, 3.05) is 49.7 Å². The Balaban J connectivity index is 1.85. The van der Waals surface area contributed by atoms with Crippen LogP contribution in [-0.2, 0) is 0 Å². The highest BCUT2D eigenvalue weighted by molar-refractivity contribution is 6.29. The fourth-order valence-electron chi connectivity index (χ4n) is 2.59. The second-order valence-corrected chi connectivity index (χ2v) is 5.81. The van der Waals surface area contributed by atoms with Crippen molar-refractivity contribution >= 4 is 29.1 Å². The normalized spacial score (nSPS) is 15.5. The summed E-state index contributed by atoms with van der Waals surface area (Å²) in [5.41, 5.74) is 1.86. The van der Waals surface area contributed by atoms with Crippen molar-refractivity contribution in [3.8, 4) is 5.75 Å². The number of aromatic nitrogens is 2. The van der Waals surface area contributed by atoms with Gasteiger partial charge in [-0.3, -0.25) is 0 Å². The monoisotopic (exact) mass is 333 g/mol. The molecule has 1 aromatic heterocycles. The number of hydrogen-bond acceptors (Lipinski definition) is 6. The van der Waals surface area contributed by atoms with Crippen LogP contribution in [0.5, 0.6) is 5.75 Å². The first kappa shape index (κ1) is 15.8. The van der Waals surface area contributed by atoms with E-state index in [4.69, 9.17) is 16.5 Å². The molecule has 1 aliphatic heterocycles. The number of halogens is 1. The number of methoxy groups -OCH3 is 1. The molecule has 0 N–H and O–H groups in total. The van der Waals surface area contributed by atoms with Crippen LogP contribution in [0, 0.1) is 0 Å². The third kappa shape index (κ3) is 3.48. The largest absolute Gasteiger partial charge is 0.494 e. The maximum atomic E-state index is 6.38. The van der Waals surface area contributed by atoms with Gasteiger partial charge in [-0.05, 0) is 25.2 Å². The Hall–Kier alpha value is -2.05. The van der Waals surface area contributed by atoms with Crippen LogP contribution in [0.3, 0.4) is 0 Å². The van der Waals surface area contributed by atoms with Gasteiger partial charge < -0.3 is 14.5 Å². The number of nitrogens with zero attached hydrogens (tertiary/aromatic N) is 5. The Bertz CT molecular complexity index is 646. The summed E-state index contributed by atoms with van der Waals surface area (Å²) in [6, 6.07) is 7.76. The molecule has 1 aliphatic rings. The average molecular weight is 334 g/mol.